The molecule has 0 saturated heterocycles. The summed E-state index contributed by atoms with van der Waals surface area (Å²) < 4.78 is 12.8. The Labute approximate surface area is 58.8 Å². The van der Waals surface area contributed by atoms with Crippen LogP contribution >= 0.6 is 0 Å². The number of hydrogen-bond donors (Lipinski definition) is 1. The number of nitrogens with one attached hydrogen (secondary N) is 1. The molecule has 3 fully saturated rings. The summed E-state index contributed by atoms with van der Waals surface area (Å²) in [5.74, 6) is -0.0400. The van der Waals surface area contributed by atoms with E-state index in [1.807, 2.05) is 0 Å². The summed E-state index contributed by atoms with van der Waals surface area (Å²) in [4.78, 5) is 10.5. The molecule has 1 amide bonds. The molecule has 0 aromatic rings. The highest BCUT2D eigenvalue weighted by Gasteiger charge is 2.69. The second-order valence-corrected chi connectivity index (χ2v) is 3.64. The summed E-state index contributed by atoms with van der Waals surface area (Å²) >= 11 is 0. The van der Waals surface area contributed by atoms with Crippen LogP contribution in [0.3, 0.4) is 0 Å². The highest BCUT2D eigenvalue weighted by atomic mass is 19.1. The SMILES string of the molecule is CC(=O)NC12CC(F)(C1)C2. The molecular formula is C7H10FNO. The van der Waals surface area contributed by atoms with E-state index < -0.39 is 5.67 Å². The molecular weight excluding hydrogens is 133 g/mol. The van der Waals surface area contributed by atoms with Crippen LogP contribution in [0.4, 0.5) is 4.39 Å². The Balaban J connectivity index is 1.93. The van der Waals surface area contributed by atoms with Gasteiger partial charge < -0.3 is 5.32 Å². The van der Waals surface area contributed by atoms with Gasteiger partial charge in [0.25, 0.3) is 0 Å². The fourth-order valence-corrected chi connectivity index (χ4v) is 2.17. The van der Waals surface area contributed by atoms with Crippen molar-refractivity contribution in [2.45, 2.75) is 37.4 Å². The number of carbonyl (C=O) groups excluding carboxylic acids is 1. The number of rotatable bonds is 1. The molecule has 0 radical (unpaired) electrons. The first-order valence-electron chi connectivity index (χ1n) is 3.51. The summed E-state index contributed by atoms with van der Waals surface area (Å²) in [7, 11) is 0. The van der Waals surface area contributed by atoms with Gasteiger partial charge in [0.2, 0.25) is 5.91 Å². The lowest BCUT2D eigenvalue weighted by Gasteiger charge is -2.65. The zero-order valence-electron chi connectivity index (χ0n) is 5.91. The van der Waals surface area contributed by atoms with E-state index in [4.69, 9.17) is 0 Å². The van der Waals surface area contributed by atoms with Crippen molar-refractivity contribution in [2.75, 3.05) is 0 Å². The molecule has 3 aliphatic carbocycles. The standard InChI is InChI=1S/C7H10FNO/c1-5(10)9-7-2-6(8,3-7)4-7/h2-4H2,1H3,(H,9,10). The van der Waals surface area contributed by atoms with E-state index in [1.54, 1.807) is 0 Å². The van der Waals surface area contributed by atoms with Gasteiger partial charge in [-0.1, -0.05) is 0 Å². The summed E-state index contributed by atoms with van der Waals surface area (Å²) in [5.41, 5.74) is -1.02. The van der Waals surface area contributed by atoms with Crippen LogP contribution in [0, 0.1) is 0 Å². The molecule has 0 aromatic carbocycles. The minimum absolute atomic E-state index is 0.0400. The van der Waals surface area contributed by atoms with Gasteiger partial charge in [0.1, 0.15) is 5.67 Å². The van der Waals surface area contributed by atoms with E-state index in [0.717, 1.165) is 0 Å². The number of amides is 1. The first kappa shape index (κ1) is 6.13. The highest BCUT2D eigenvalue weighted by molar-refractivity contribution is 5.74. The van der Waals surface area contributed by atoms with Gasteiger partial charge >= 0.3 is 0 Å². The maximum absolute atomic E-state index is 12.8. The van der Waals surface area contributed by atoms with Crippen molar-refractivity contribution < 1.29 is 9.18 Å². The molecule has 1 N–H and O–H groups in total. The summed E-state index contributed by atoms with van der Waals surface area (Å²) in [5, 5.41) is 2.77. The Bertz CT molecular complexity index is 182. The second kappa shape index (κ2) is 1.36. The average molecular weight is 143 g/mol. The smallest absolute Gasteiger partial charge is 0.217 e. The molecule has 0 spiro atoms. The van der Waals surface area contributed by atoms with E-state index in [-0.39, 0.29) is 11.4 Å². The highest BCUT2D eigenvalue weighted by Crippen LogP contribution is 2.62. The predicted octanol–water partition coefficient (Wildman–Crippen LogP) is 0.767. The maximum atomic E-state index is 12.8. The van der Waals surface area contributed by atoms with E-state index in [9.17, 15) is 9.18 Å². The van der Waals surface area contributed by atoms with E-state index >= 15 is 0 Å². The third kappa shape index (κ3) is 0.604. The Kier molecular flexibility index (Phi) is 0.833. The zero-order chi connectivity index (χ0) is 7.41. The lowest BCUT2D eigenvalue weighted by atomic mass is 9.47. The lowest BCUT2D eigenvalue weighted by molar-refractivity contribution is -0.174. The quantitative estimate of drug-likeness (QED) is 0.577. The molecule has 0 aromatic heterocycles. The van der Waals surface area contributed by atoms with Crippen molar-refractivity contribution in [3.8, 4) is 0 Å². The molecule has 0 atom stereocenters. The molecule has 2 nitrogen and oxygen atoms in total. The minimum Gasteiger partial charge on any atom is -0.351 e. The third-order valence-corrected chi connectivity index (χ3v) is 2.41. The lowest BCUT2D eigenvalue weighted by Crippen LogP contribution is -2.76. The van der Waals surface area contributed by atoms with Gasteiger partial charge in [-0.05, 0) is 0 Å². The van der Waals surface area contributed by atoms with Crippen LogP contribution in [0.15, 0.2) is 0 Å². The molecule has 56 valence electrons. The van der Waals surface area contributed by atoms with E-state index in [1.165, 1.54) is 6.92 Å². The summed E-state index contributed by atoms with van der Waals surface area (Å²) in [6.45, 7) is 1.48. The fraction of sp³-hybridized carbons (Fsp3) is 0.857. The first-order valence-corrected chi connectivity index (χ1v) is 3.51. The summed E-state index contributed by atoms with van der Waals surface area (Å²) in [6, 6.07) is 0. The summed E-state index contributed by atoms with van der Waals surface area (Å²) in [6.07, 6.45) is 1.62. The van der Waals surface area contributed by atoms with Gasteiger partial charge in [0.05, 0.1) is 0 Å². The third-order valence-electron chi connectivity index (χ3n) is 2.41. The predicted molar refractivity (Wildman–Crippen MR) is 34.2 cm³/mol. The van der Waals surface area contributed by atoms with Crippen molar-refractivity contribution in [3.63, 3.8) is 0 Å². The van der Waals surface area contributed by atoms with E-state index in [2.05, 4.69) is 5.32 Å². The van der Waals surface area contributed by atoms with Crippen LogP contribution in [0.5, 0.6) is 0 Å². The van der Waals surface area contributed by atoms with Crippen LogP contribution in [-0.2, 0) is 4.79 Å². The van der Waals surface area contributed by atoms with Crippen LogP contribution in [-0.4, -0.2) is 17.1 Å². The molecule has 3 heteroatoms. The molecule has 3 rings (SSSR count). The van der Waals surface area contributed by atoms with Crippen molar-refractivity contribution in [3.05, 3.63) is 0 Å². The Morgan fingerprint density at radius 3 is 2.30 bits per heavy atom. The number of carbonyl (C=O) groups is 1. The van der Waals surface area contributed by atoms with Crippen molar-refractivity contribution in [2.24, 2.45) is 0 Å². The molecule has 0 unspecified atom stereocenters. The van der Waals surface area contributed by atoms with Gasteiger partial charge in [0.15, 0.2) is 0 Å². The Morgan fingerprint density at radius 1 is 1.50 bits per heavy atom. The molecule has 3 saturated carbocycles. The largest absolute Gasteiger partial charge is 0.351 e. The molecule has 0 heterocycles. The molecule has 10 heavy (non-hydrogen) atoms. The number of alkyl halides is 1. The van der Waals surface area contributed by atoms with Crippen molar-refractivity contribution in [1.29, 1.82) is 0 Å². The zero-order valence-corrected chi connectivity index (χ0v) is 5.91. The molecule has 0 aliphatic heterocycles. The van der Waals surface area contributed by atoms with Gasteiger partial charge in [0, 0.05) is 31.7 Å². The minimum atomic E-state index is -0.900. The van der Waals surface area contributed by atoms with Gasteiger partial charge in [-0.2, -0.15) is 0 Å². The number of hydrogen-bond acceptors (Lipinski definition) is 1. The van der Waals surface area contributed by atoms with Gasteiger partial charge in [-0.3, -0.25) is 4.79 Å². The van der Waals surface area contributed by atoms with E-state index in [0.29, 0.717) is 19.3 Å². The number of halogens is 1. The fourth-order valence-electron chi connectivity index (χ4n) is 2.17. The maximum Gasteiger partial charge on any atom is 0.217 e. The normalized spacial score (nSPS) is 49.0. The second-order valence-electron chi connectivity index (χ2n) is 3.64. The van der Waals surface area contributed by atoms with Crippen LogP contribution < -0.4 is 5.32 Å². The van der Waals surface area contributed by atoms with Crippen LogP contribution in [0.25, 0.3) is 0 Å². The molecule has 2 bridgehead atoms. The van der Waals surface area contributed by atoms with Crippen LogP contribution in [0.2, 0.25) is 0 Å². The Hall–Kier alpha value is -0.600. The Morgan fingerprint density at radius 2 is 2.00 bits per heavy atom. The average Bonchev–Trinajstić information content (AvgIpc) is 1.56. The first-order chi connectivity index (χ1) is 4.54. The van der Waals surface area contributed by atoms with Gasteiger partial charge in [-0.15, -0.1) is 0 Å². The van der Waals surface area contributed by atoms with Crippen LogP contribution in [0.1, 0.15) is 26.2 Å². The topological polar surface area (TPSA) is 29.1 Å². The molecule has 3 aliphatic rings. The van der Waals surface area contributed by atoms with Crippen molar-refractivity contribution in [1.82, 2.24) is 5.32 Å². The van der Waals surface area contributed by atoms with Gasteiger partial charge in [-0.25, -0.2) is 4.39 Å². The monoisotopic (exact) mass is 143 g/mol. The van der Waals surface area contributed by atoms with Crippen molar-refractivity contribution >= 4 is 5.91 Å².